The maximum Gasteiger partial charge on any atom is 0.301 e. The largest absolute Gasteiger partial charge is 0.364 e. The van der Waals surface area contributed by atoms with Crippen LogP contribution in [0.1, 0.15) is 12.1 Å². The predicted octanol–water partition coefficient (Wildman–Crippen LogP) is 3.62. The molecule has 0 radical (unpaired) electrons. The number of fused-ring (bicyclic) bond motifs is 1. The second-order valence-electron chi connectivity index (χ2n) is 6.36. The van der Waals surface area contributed by atoms with Crippen molar-refractivity contribution in [3.8, 4) is 0 Å². The number of pyridine rings is 1. The molecule has 1 aromatic carbocycles. The van der Waals surface area contributed by atoms with Crippen molar-refractivity contribution >= 4 is 38.7 Å². The Morgan fingerprint density at radius 1 is 1.15 bits per heavy atom. The summed E-state index contributed by atoms with van der Waals surface area (Å²) in [7, 11) is 0. The third kappa shape index (κ3) is 3.08. The fraction of sp³-hybridized carbons (Fsp3) is 0.333. The van der Waals surface area contributed by atoms with Crippen LogP contribution in [0.2, 0.25) is 0 Å². The minimum atomic E-state index is -0.286. The van der Waals surface area contributed by atoms with Gasteiger partial charge in [0.1, 0.15) is 5.69 Å². The Morgan fingerprint density at radius 3 is 2.73 bits per heavy atom. The van der Waals surface area contributed by atoms with Gasteiger partial charge in [0.15, 0.2) is 5.13 Å². The van der Waals surface area contributed by atoms with E-state index >= 15 is 0 Å². The van der Waals surface area contributed by atoms with Gasteiger partial charge in [0.25, 0.3) is 0 Å². The molecule has 0 spiro atoms. The summed E-state index contributed by atoms with van der Waals surface area (Å²) in [5.41, 5.74) is 2.50. The number of aryl methyl sites for hydroxylation is 1. The Kier molecular flexibility index (Phi) is 4.42. The molecule has 0 amide bonds. The van der Waals surface area contributed by atoms with E-state index in [0.29, 0.717) is 16.6 Å². The number of nitrogens with zero attached hydrogens (tertiary/aromatic N) is 5. The number of benzene rings is 1. The maximum absolute atomic E-state index is 11.8. The Morgan fingerprint density at radius 2 is 1.96 bits per heavy atom. The highest BCUT2D eigenvalue weighted by molar-refractivity contribution is 7.13. The van der Waals surface area contributed by atoms with Crippen molar-refractivity contribution in [3.05, 3.63) is 51.7 Å². The molecular formula is C18H19N5O2S. The number of hydrogen-bond acceptors (Lipinski definition) is 7. The van der Waals surface area contributed by atoms with E-state index in [1.165, 1.54) is 0 Å². The molecule has 4 rings (SSSR count). The van der Waals surface area contributed by atoms with Gasteiger partial charge in [-0.1, -0.05) is 0 Å². The van der Waals surface area contributed by atoms with Crippen LogP contribution in [0.25, 0.3) is 10.9 Å². The number of hydrogen-bond donors (Lipinski definition) is 0. The molecule has 134 valence electrons. The molecule has 1 aliphatic heterocycles. The quantitative estimate of drug-likeness (QED) is 0.518. The number of anilines is 2. The molecule has 0 bridgehead atoms. The summed E-state index contributed by atoms with van der Waals surface area (Å²) in [5, 5.41) is 15.5. The number of aromatic nitrogens is 2. The van der Waals surface area contributed by atoms with Gasteiger partial charge in [-0.15, -0.1) is 11.3 Å². The first kappa shape index (κ1) is 16.7. The molecule has 8 heteroatoms. The van der Waals surface area contributed by atoms with Crippen LogP contribution >= 0.6 is 11.3 Å². The number of thiazole rings is 1. The molecule has 1 saturated heterocycles. The summed E-state index contributed by atoms with van der Waals surface area (Å²) in [4.78, 5) is 24.7. The maximum atomic E-state index is 11.8. The van der Waals surface area contributed by atoms with Gasteiger partial charge >= 0.3 is 5.69 Å². The topological polar surface area (TPSA) is 75.4 Å². The molecule has 0 N–H and O–H groups in total. The molecule has 0 unspecified atom stereocenters. The zero-order valence-electron chi connectivity index (χ0n) is 14.5. The number of rotatable bonds is 3. The van der Waals surface area contributed by atoms with Crippen LogP contribution in [0.15, 0.2) is 35.8 Å². The molecule has 1 fully saturated rings. The smallest absolute Gasteiger partial charge is 0.301 e. The second kappa shape index (κ2) is 6.87. The summed E-state index contributed by atoms with van der Waals surface area (Å²) < 4.78 is 0. The van der Waals surface area contributed by atoms with E-state index < -0.39 is 0 Å². The first-order valence-corrected chi connectivity index (χ1v) is 9.45. The van der Waals surface area contributed by atoms with E-state index in [4.69, 9.17) is 0 Å². The first-order chi connectivity index (χ1) is 12.6. The summed E-state index contributed by atoms with van der Waals surface area (Å²) >= 11 is 1.65. The summed E-state index contributed by atoms with van der Waals surface area (Å²) in [6.45, 7) is 5.22. The van der Waals surface area contributed by atoms with E-state index in [9.17, 15) is 10.1 Å². The summed E-state index contributed by atoms with van der Waals surface area (Å²) in [6.07, 6.45) is 2.59. The lowest BCUT2D eigenvalue weighted by atomic mass is 10.1. The van der Waals surface area contributed by atoms with Gasteiger partial charge in [0.05, 0.1) is 21.5 Å². The first-order valence-electron chi connectivity index (χ1n) is 8.57. The minimum Gasteiger partial charge on any atom is -0.364 e. The van der Waals surface area contributed by atoms with Crippen molar-refractivity contribution in [3.63, 3.8) is 0 Å². The Bertz CT molecular complexity index is 958. The van der Waals surface area contributed by atoms with Crippen LogP contribution in [0.4, 0.5) is 16.5 Å². The minimum absolute atomic E-state index is 0.147. The fourth-order valence-electron chi connectivity index (χ4n) is 3.41. The average Bonchev–Trinajstić information content (AvgIpc) is 2.93. The van der Waals surface area contributed by atoms with Crippen molar-refractivity contribution in [2.24, 2.45) is 0 Å². The normalized spacial score (nSPS) is 15.3. The zero-order valence-corrected chi connectivity index (χ0v) is 15.3. The van der Waals surface area contributed by atoms with Crippen LogP contribution in [0.3, 0.4) is 0 Å². The summed E-state index contributed by atoms with van der Waals surface area (Å²) in [6, 6.07) is 7.21. The van der Waals surface area contributed by atoms with Gasteiger partial charge in [-0.3, -0.25) is 15.1 Å². The van der Waals surface area contributed by atoms with Crippen molar-refractivity contribution in [1.29, 1.82) is 0 Å². The Hall–Kier alpha value is -2.74. The van der Waals surface area contributed by atoms with Crippen LogP contribution in [0.5, 0.6) is 0 Å². The molecule has 0 aliphatic carbocycles. The lowest BCUT2D eigenvalue weighted by Crippen LogP contribution is -2.31. The van der Waals surface area contributed by atoms with E-state index in [2.05, 4.69) is 25.1 Å². The third-order valence-corrected chi connectivity index (χ3v) is 5.65. The molecule has 0 atom stereocenters. The van der Waals surface area contributed by atoms with Crippen LogP contribution in [-0.2, 0) is 0 Å². The molecule has 3 heterocycles. The molecule has 1 aliphatic rings. The third-order valence-electron chi connectivity index (χ3n) is 4.63. The molecule has 26 heavy (non-hydrogen) atoms. The van der Waals surface area contributed by atoms with Gasteiger partial charge < -0.3 is 9.80 Å². The van der Waals surface area contributed by atoms with Crippen LogP contribution in [0, 0.1) is 17.0 Å². The molecule has 2 aromatic heterocycles. The van der Waals surface area contributed by atoms with Crippen LogP contribution in [-0.4, -0.2) is 41.1 Å². The molecule has 0 saturated carbocycles. The van der Waals surface area contributed by atoms with Gasteiger partial charge in [0.2, 0.25) is 0 Å². The van der Waals surface area contributed by atoms with Crippen molar-refractivity contribution in [2.45, 2.75) is 13.3 Å². The van der Waals surface area contributed by atoms with Gasteiger partial charge in [0, 0.05) is 37.8 Å². The van der Waals surface area contributed by atoms with Crippen molar-refractivity contribution in [1.82, 2.24) is 9.97 Å². The van der Waals surface area contributed by atoms with Gasteiger partial charge in [-0.25, -0.2) is 4.98 Å². The van der Waals surface area contributed by atoms with Crippen molar-refractivity contribution < 1.29 is 4.92 Å². The number of nitro groups is 1. The van der Waals surface area contributed by atoms with E-state index in [-0.39, 0.29) is 10.6 Å². The van der Waals surface area contributed by atoms with E-state index in [1.807, 2.05) is 19.1 Å². The highest BCUT2D eigenvalue weighted by Crippen LogP contribution is 2.35. The molecule has 7 nitrogen and oxygen atoms in total. The van der Waals surface area contributed by atoms with Crippen LogP contribution < -0.4 is 9.80 Å². The number of nitro benzene ring substituents is 1. The van der Waals surface area contributed by atoms with Crippen molar-refractivity contribution in [2.75, 3.05) is 36.0 Å². The Balaban J connectivity index is 1.65. The van der Waals surface area contributed by atoms with Gasteiger partial charge in [-0.2, -0.15) is 0 Å². The SMILES string of the molecule is Cc1csc(N2CCCN(c3ccc4ncccc4c3[N+](=O)[O-])CC2)n1. The van der Waals surface area contributed by atoms with E-state index in [1.54, 1.807) is 29.7 Å². The predicted molar refractivity (Wildman–Crippen MR) is 104 cm³/mol. The van der Waals surface area contributed by atoms with Gasteiger partial charge in [-0.05, 0) is 37.6 Å². The fourth-order valence-corrected chi connectivity index (χ4v) is 4.27. The zero-order chi connectivity index (χ0) is 18.1. The second-order valence-corrected chi connectivity index (χ2v) is 7.20. The standard InChI is InChI=1S/C18H19N5O2S/c1-13-12-26-18(20-13)22-9-3-8-21(10-11-22)16-6-5-15-14(4-2-7-19-15)17(16)23(24)25/h2,4-7,12H,3,8-11H2,1H3. The molecular weight excluding hydrogens is 350 g/mol. The summed E-state index contributed by atoms with van der Waals surface area (Å²) in [5.74, 6) is 0. The highest BCUT2D eigenvalue weighted by atomic mass is 32.1. The molecule has 3 aromatic rings. The highest BCUT2D eigenvalue weighted by Gasteiger charge is 2.25. The Labute approximate surface area is 155 Å². The monoisotopic (exact) mass is 369 g/mol. The van der Waals surface area contributed by atoms with E-state index in [0.717, 1.165) is 43.4 Å². The average molecular weight is 369 g/mol. The lowest BCUT2D eigenvalue weighted by Gasteiger charge is -2.23. The lowest BCUT2D eigenvalue weighted by molar-refractivity contribution is -0.382.